The second-order valence-corrected chi connectivity index (χ2v) is 7.33. The van der Waals surface area contributed by atoms with Gasteiger partial charge in [0.25, 0.3) is 0 Å². The van der Waals surface area contributed by atoms with Crippen LogP contribution in [-0.2, 0) is 9.47 Å². The fourth-order valence-electron chi connectivity index (χ4n) is 3.59. The molecule has 0 aromatic carbocycles. The molecule has 2 aromatic rings. The largest absolute Gasteiger partial charge is 0.380 e. The average Bonchev–Trinajstić information content (AvgIpc) is 3.26. The maximum absolute atomic E-state index is 7.97. The van der Waals surface area contributed by atoms with E-state index in [1.54, 1.807) is 6.20 Å². The first-order chi connectivity index (χ1) is 14.2. The van der Waals surface area contributed by atoms with Gasteiger partial charge in [-0.25, -0.2) is 4.98 Å². The molecule has 8 heteroatoms. The summed E-state index contributed by atoms with van der Waals surface area (Å²) >= 11 is 0. The molecule has 0 bridgehead atoms. The molecule has 0 aliphatic carbocycles. The summed E-state index contributed by atoms with van der Waals surface area (Å²) in [6, 6.07) is 4.02. The summed E-state index contributed by atoms with van der Waals surface area (Å²) in [6.45, 7) is 5.71. The Morgan fingerprint density at radius 3 is 2.97 bits per heavy atom. The van der Waals surface area contributed by atoms with Crippen LogP contribution in [0.3, 0.4) is 0 Å². The van der Waals surface area contributed by atoms with Crippen LogP contribution in [0.25, 0.3) is 0 Å². The van der Waals surface area contributed by atoms with Gasteiger partial charge < -0.3 is 25.1 Å². The van der Waals surface area contributed by atoms with Crippen molar-refractivity contribution in [2.75, 3.05) is 43.2 Å². The first kappa shape index (κ1) is 19.4. The van der Waals surface area contributed by atoms with Crippen LogP contribution < -0.4 is 10.2 Å². The van der Waals surface area contributed by atoms with Crippen molar-refractivity contribution >= 4 is 23.7 Å². The van der Waals surface area contributed by atoms with E-state index < -0.39 is 0 Å². The molecule has 1 unspecified atom stereocenters. The smallest absolute Gasteiger partial charge is 0.144 e. The predicted molar refractivity (Wildman–Crippen MR) is 112 cm³/mol. The minimum absolute atomic E-state index is 0.217. The van der Waals surface area contributed by atoms with Crippen LogP contribution in [-0.4, -0.2) is 60.4 Å². The van der Waals surface area contributed by atoms with Crippen LogP contribution in [0.5, 0.6) is 0 Å². The molecule has 4 heterocycles. The molecule has 3 N–H and O–H groups in total. The second kappa shape index (κ2) is 9.07. The van der Waals surface area contributed by atoms with Gasteiger partial charge in [-0.3, -0.25) is 5.10 Å². The van der Waals surface area contributed by atoms with Gasteiger partial charge in [0.15, 0.2) is 0 Å². The number of ether oxygens (including phenoxy) is 2. The van der Waals surface area contributed by atoms with Gasteiger partial charge in [-0.2, -0.15) is 5.10 Å². The molecule has 0 saturated carbocycles. The molecular weight excluding hydrogens is 368 g/mol. The normalized spacial score (nSPS) is 21.9. The van der Waals surface area contributed by atoms with Gasteiger partial charge in [-0.1, -0.05) is 11.8 Å². The van der Waals surface area contributed by atoms with E-state index in [-0.39, 0.29) is 12.0 Å². The number of nitrogens with zero attached hydrogens (tertiary/aromatic N) is 3. The van der Waals surface area contributed by atoms with Crippen molar-refractivity contribution in [3.8, 4) is 11.8 Å². The van der Waals surface area contributed by atoms with E-state index in [0.29, 0.717) is 37.0 Å². The average molecular weight is 394 g/mol. The van der Waals surface area contributed by atoms with E-state index in [1.807, 2.05) is 12.1 Å². The van der Waals surface area contributed by atoms with Crippen molar-refractivity contribution in [3.05, 3.63) is 29.5 Å². The predicted octanol–water partition coefficient (Wildman–Crippen LogP) is 2.55. The Morgan fingerprint density at radius 2 is 2.24 bits per heavy atom. The zero-order valence-electron chi connectivity index (χ0n) is 16.6. The summed E-state index contributed by atoms with van der Waals surface area (Å²) in [4.78, 5) is 7.04. The molecule has 2 aromatic heterocycles. The molecule has 0 radical (unpaired) electrons. The van der Waals surface area contributed by atoms with Crippen LogP contribution in [0, 0.1) is 23.2 Å². The Balaban J connectivity index is 1.73. The minimum Gasteiger partial charge on any atom is -0.380 e. The van der Waals surface area contributed by atoms with Crippen molar-refractivity contribution in [2.45, 2.75) is 25.8 Å². The van der Waals surface area contributed by atoms with Gasteiger partial charge in [0.1, 0.15) is 17.5 Å². The van der Waals surface area contributed by atoms with Gasteiger partial charge in [0.2, 0.25) is 0 Å². The number of H-pyrrole nitrogens is 1. The molecule has 2 atom stereocenters. The lowest BCUT2D eigenvalue weighted by Gasteiger charge is -2.34. The van der Waals surface area contributed by atoms with E-state index in [9.17, 15) is 0 Å². The summed E-state index contributed by atoms with van der Waals surface area (Å²) in [5, 5.41) is 18.1. The Morgan fingerprint density at radius 1 is 1.34 bits per heavy atom. The van der Waals surface area contributed by atoms with Gasteiger partial charge in [-0.15, -0.1) is 0 Å². The highest BCUT2D eigenvalue weighted by atomic mass is 16.5. The number of pyridine rings is 1. The van der Waals surface area contributed by atoms with E-state index in [2.05, 4.69) is 39.2 Å². The number of aromatic nitrogens is 3. The van der Waals surface area contributed by atoms with Crippen LogP contribution in [0.4, 0.5) is 17.5 Å². The molecular formula is C21H26N6O2. The van der Waals surface area contributed by atoms with Gasteiger partial charge in [0, 0.05) is 36.9 Å². The molecule has 2 saturated heterocycles. The monoisotopic (exact) mass is 394 g/mol. The molecule has 0 amide bonds. The summed E-state index contributed by atoms with van der Waals surface area (Å²) in [7, 11) is 0. The summed E-state index contributed by atoms with van der Waals surface area (Å²) in [6.07, 6.45) is 5.06. The molecule has 2 fully saturated rings. The molecule has 0 spiro atoms. The van der Waals surface area contributed by atoms with Crippen LogP contribution in [0.2, 0.25) is 0 Å². The van der Waals surface area contributed by atoms with Crippen molar-refractivity contribution in [3.63, 3.8) is 0 Å². The number of morpholine rings is 1. The lowest BCUT2D eigenvalue weighted by molar-refractivity contribution is 0.0740. The number of hydrogen-bond donors (Lipinski definition) is 3. The van der Waals surface area contributed by atoms with Gasteiger partial charge in [0.05, 0.1) is 37.6 Å². The zero-order valence-corrected chi connectivity index (χ0v) is 16.6. The minimum atomic E-state index is 0.217. The lowest BCUT2D eigenvalue weighted by atomic mass is 10.0. The second-order valence-electron chi connectivity index (χ2n) is 7.33. The Labute approximate surface area is 170 Å². The van der Waals surface area contributed by atoms with Gasteiger partial charge >= 0.3 is 0 Å². The van der Waals surface area contributed by atoms with E-state index in [1.165, 1.54) is 6.21 Å². The third-order valence-electron chi connectivity index (χ3n) is 5.18. The highest BCUT2D eigenvalue weighted by molar-refractivity contribution is 5.90. The fourth-order valence-corrected chi connectivity index (χ4v) is 3.59. The first-order valence-electron chi connectivity index (χ1n) is 10.00. The third-order valence-corrected chi connectivity index (χ3v) is 5.18. The summed E-state index contributed by atoms with van der Waals surface area (Å²) in [5.41, 5.74) is 1.45. The Kier molecular flexibility index (Phi) is 6.08. The molecule has 8 nitrogen and oxygen atoms in total. The number of nitrogens with one attached hydrogen (secondary N) is 3. The van der Waals surface area contributed by atoms with Gasteiger partial charge in [-0.05, 0) is 25.8 Å². The fraction of sp³-hybridized carbons (Fsp3) is 0.476. The van der Waals surface area contributed by atoms with Crippen molar-refractivity contribution in [2.24, 2.45) is 5.92 Å². The third kappa shape index (κ3) is 4.58. The van der Waals surface area contributed by atoms with E-state index >= 15 is 0 Å². The number of hydrogen-bond acceptors (Lipinski definition) is 7. The Hall–Kier alpha value is -2.89. The van der Waals surface area contributed by atoms with Crippen LogP contribution >= 0.6 is 0 Å². The molecule has 2 aliphatic heterocycles. The Bertz CT molecular complexity index is 896. The highest BCUT2D eigenvalue weighted by Crippen LogP contribution is 2.27. The standard InChI is InChI=1S/C21H26N6O2/c1-15-13-29-10-8-27(15)20-11-17(5-4-16-3-2-9-28-14-16)18(12-22)21(25-20)24-19-6-7-23-26-19/h6-7,11-12,15-16,22H,2-3,8-10,13-14H2,1H3,(H2,23,24,25,26)/t15-,16?/m1/s1. The number of rotatable bonds is 4. The van der Waals surface area contributed by atoms with Crippen molar-refractivity contribution in [1.29, 1.82) is 5.41 Å². The summed E-state index contributed by atoms with van der Waals surface area (Å²) < 4.78 is 11.1. The molecule has 2 aliphatic rings. The van der Waals surface area contributed by atoms with E-state index in [0.717, 1.165) is 37.4 Å². The number of aromatic amines is 1. The number of anilines is 3. The van der Waals surface area contributed by atoms with Crippen molar-refractivity contribution in [1.82, 2.24) is 15.2 Å². The summed E-state index contributed by atoms with van der Waals surface area (Å²) in [5.74, 6) is 9.01. The topological polar surface area (TPSA) is 99.1 Å². The highest BCUT2D eigenvalue weighted by Gasteiger charge is 2.22. The zero-order chi connectivity index (χ0) is 20.1. The maximum Gasteiger partial charge on any atom is 0.144 e. The molecule has 4 rings (SSSR count). The molecule has 152 valence electrons. The maximum atomic E-state index is 7.97. The lowest BCUT2D eigenvalue weighted by Crippen LogP contribution is -2.44. The van der Waals surface area contributed by atoms with Crippen LogP contribution in [0.1, 0.15) is 30.9 Å². The van der Waals surface area contributed by atoms with E-state index in [4.69, 9.17) is 19.9 Å². The van der Waals surface area contributed by atoms with Crippen LogP contribution in [0.15, 0.2) is 18.3 Å². The molecule has 29 heavy (non-hydrogen) atoms. The SMILES string of the molecule is C[C@@H]1COCCN1c1cc(C#CC2CCCOC2)c(C=N)c(Nc2ccn[nH]2)n1. The first-order valence-corrected chi connectivity index (χ1v) is 10.00. The quantitative estimate of drug-likeness (QED) is 0.544. The van der Waals surface area contributed by atoms with Crippen molar-refractivity contribution < 1.29 is 9.47 Å².